The fourth-order valence-electron chi connectivity index (χ4n) is 5.62. The third-order valence-corrected chi connectivity index (χ3v) is 7.22. The van der Waals surface area contributed by atoms with Crippen LogP contribution in [-0.2, 0) is 9.59 Å². The molecule has 4 nitrogen and oxygen atoms in total. The summed E-state index contributed by atoms with van der Waals surface area (Å²) in [7, 11) is 0. The molecular weight excluding hydrogens is 288 g/mol. The van der Waals surface area contributed by atoms with E-state index in [0.717, 1.165) is 38.8 Å². The lowest BCUT2D eigenvalue weighted by Crippen LogP contribution is -2.48. The van der Waals surface area contributed by atoms with Gasteiger partial charge >= 0.3 is 0 Å². The molecule has 0 radical (unpaired) electrons. The van der Waals surface area contributed by atoms with Crippen LogP contribution in [0.15, 0.2) is 0 Å². The molecule has 0 aromatic carbocycles. The van der Waals surface area contributed by atoms with Gasteiger partial charge in [-0.15, -0.1) is 0 Å². The third-order valence-electron chi connectivity index (χ3n) is 7.22. The first-order chi connectivity index (χ1) is 11.1. The molecule has 0 bridgehead atoms. The summed E-state index contributed by atoms with van der Waals surface area (Å²) < 4.78 is 0. The zero-order chi connectivity index (χ0) is 15.9. The molecule has 4 rings (SSSR count). The van der Waals surface area contributed by atoms with Crippen molar-refractivity contribution < 1.29 is 9.59 Å². The predicted molar refractivity (Wildman–Crippen MR) is 88.6 cm³/mol. The number of rotatable bonds is 2. The Kier molecular flexibility index (Phi) is 3.99. The van der Waals surface area contributed by atoms with E-state index in [1.54, 1.807) is 4.90 Å². The van der Waals surface area contributed by atoms with E-state index in [9.17, 15) is 9.59 Å². The van der Waals surface area contributed by atoms with Gasteiger partial charge in [-0.25, -0.2) is 0 Å². The van der Waals surface area contributed by atoms with Gasteiger partial charge in [-0.05, 0) is 43.9 Å². The fourth-order valence-corrected chi connectivity index (χ4v) is 5.62. The molecule has 128 valence electrons. The van der Waals surface area contributed by atoms with Crippen LogP contribution in [0.2, 0.25) is 0 Å². The average molecular weight is 318 g/mol. The SMILES string of the molecule is O=C1CC2(CCCC2)C(=O)N1CN1CCC2(CCCCC2)CC1. The van der Waals surface area contributed by atoms with Crippen molar-refractivity contribution in [1.82, 2.24) is 9.80 Å². The molecule has 2 saturated carbocycles. The van der Waals surface area contributed by atoms with Crippen LogP contribution < -0.4 is 0 Å². The molecule has 0 aromatic rings. The van der Waals surface area contributed by atoms with Crippen LogP contribution >= 0.6 is 0 Å². The van der Waals surface area contributed by atoms with Gasteiger partial charge in [0, 0.05) is 19.5 Å². The van der Waals surface area contributed by atoms with Crippen molar-refractivity contribution in [3.8, 4) is 0 Å². The Bertz CT molecular complexity index is 480. The molecule has 0 aromatic heterocycles. The van der Waals surface area contributed by atoms with Crippen molar-refractivity contribution in [2.24, 2.45) is 10.8 Å². The minimum atomic E-state index is -0.308. The lowest BCUT2D eigenvalue weighted by molar-refractivity contribution is -0.144. The summed E-state index contributed by atoms with van der Waals surface area (Å²) in [6.45, 7) is 2.67. The average Bonchev–Trinajstić information content (AvgIpc) is 3.12. The van der Waals surface area contributed by atoms with E-state index in [4.69, 9.17) is 0 Å². The van der Waals surface area contributed by atoms with Gasteiger partial charge in [0.15, 0.2) is 0 Å². The van der Waals surface area contributed by atoms with Crippen molar-refractivity contribution in [3.05, 3.63) is 0 Å². The Morgan fingerprint density at radius 2 is 1.39 bits per heavy atom. The number of piperidine rings is 1. The second-order valence-corrected chi connectivity index (χ2v) is 8.61. The van der Waals surface area contributed by atoms with E-state index in [2.05, 4.69) is 4.90 Å². The summed E-state index contributed by atoms with van der Waals surface area (Å²) in [5.41, 5.74) is 0.276. The number of amides is 2. The van der Waals surface area contributed by atoms with E-state index in [0.29, 0.717) is 18.5 Å². The predicted octanol–water partition coefficient (Wildman–Crippen LogP) is 3.31. The second-order valence-electron chi connectivity index (χ2n) is 8.61. The highest BCUT2D eigenvalue weighted by Gasteiger charge is 2.53. The van der Waals surface area contributed by atoms with Crippen molar-refractivity contribution in [2.75, 3.05) is 19.8 Å². The minimum absolute atomic E-state index is 0.0786. The van der Waals surface area contributed by atoms with Crippen LogP contribution in [0.25, 0.3) is 0 Å². The number of hydrogen-bond donors (Lipinski definition) is 0. The van der Waals surface area contributed by atoms with Gasteiger partial charge in [0.25, 0.3) is 0 Å². The lowest BCUT2D eigenvalue weighted by Gasteiger charge is -2.44. The zero-order valence-corrected chi connectivity index (χ0v) is 14.3. The molecule has 23 heavy (non-hydrogen) atoms. The minimum Gasteiger partial charge on any atom is -0.286 e. The van der Waals surface area contributed by atoms with Crippen molar-refractivity contribution >= 4 is 11.8 Å². The van der Waals surface area contributed by atoms with Crippen LogP contribution in [0.3, 0.4) is 0 Å². The smallest absolute Gasteiger partial charge is 0.237 e. The second kappa shape index (κ2) is 5.87. The van der Waals surface area contributed by atoms with Gasteiger partial charge in [-0.3, -0.25) is 19.4 Å². The number of carbonyl (C=O) groups excluding carboxylic acids is 2. The molecule has 4 fully saturated rings. The van der Waals surface area contributed by atoms with Gasteiger partial charge in [0.05, 0.1) is 12.1 Å². The highest BCUT2D eigenvalue weighted by Crippen LogP contribution is 2.47. The maximum atomic E-state index is 12.8. The molecule has 2 amide bonds. The van der Waals surface area contributed by atoms with Gasteiger partial charge < -0.3 is 0 Å². The summed E-state index contributed by atoms with van der Waals surface area (Å²) in [6, 6.07) is 0. The van der Waals surface area contributed by atoms with Crippen molar-refractivity contribution in [3.63, 3.8) is 0 Å². The van der Waals surface area contributed by atoms with Crippen LogP contribution in [-0.4, -0.2) is 41.4 Å². The van der Waals surface area contributed by atoms with Crippen LogP contribution in [0.5, 0.6) is 0 Å². The Labute approximate surface area is 139 Å². The summed E-state index contributed by atoms with van der Waals surface area (Å²) in [5, 5.41) is 0. The fraction of sp³-hybridized carbons (Fsp3) is 0.895. The topological polar surface area (TPSA) is 40.6 Å². The van der Waals surface area contributed by atoms with E-state index in [1.807, 2.05) is 0 Å². The Balaban J connectivity index is 1.36. The molecule has 4 aliphatic rings. The molecule has 2 heterocycles. The summed E-state index contributed by atoms with van der Waals surface area (Å²) in [4.78, 5) is 29.1. The normalized spacial score (nSPS) is 30.7. The highest BCUT2D eigenvalue weighted by atomic mass is 16.2. The molecule has 0 N–H and O–H groups in total. The maximum Gasteiger partial charge on any atom is 0.237 e. The van der Waals surface area contributed by atoms with E-state index in [-0.39, 0.29) is 17.2 Å². The Hall–Kier alpha value is -0.900. The Morgan fingerprint density at radius 1 is 0.783 bits per heavy atom. The molecule has 2 saturated heterocycles. The highest BCUT2D eigenvalue weighted by molar-refractivity contribution is 6.06. The van der Waals surface area contributed by atoms with Gasteiger partial charge in [0.1, 0.15) is 0 Å². The summed E-state index contributed by atoms with van der Waals surface area (Å²) >= 11 is 0. The first-order valence-electron chi connectivity index (χ1n) is 9.70. The van der Waals surface area contributed by atoms with Gasteiger partial charge in [0.2, 0.25) is 11.8 Å². The van der Waals surface area contributed by atoms with E-state index >= 15 is 0 Å². The van der Waals surface area contributed by atoms with Crippen molar-refractivity contribution in [2.45, 2.75) is 77.0 Å². The van der Waals surface area contributed by atoms with Gasteiger partial charge in [-0.2, -0.15) is 0 Å². The molecule has 4 heteroatoms. The Morgan fingerprint density at radius 3 is 2.04 bits per heavy atom. The van der Waals surface area contributed by atoms with Crippen molar-refractivity contribution in [1.29, 1.82) is 0 Å². The summed E-state index contributed by atoms with van der Waals surface area (Å²) in [5.74, 6) is 0.216. The molecule has 0 atom stereocenters. The largest absolute Gasteiger partial charge is 0.286 e. The molecular formula is C19H30N2O2. The van der Waals surface area contributed by atoms with E-state index in [1.165, 1.54) is 44.9 Å². The van der Waals surface area contributed by atoms with Gasteiger partial charge in [-0.1, -0.05) is 32.1 Å². The number of carbonyl (C=O) groups is 2. The zero-order valence-electron chi connectivity index (χ0n) is 14.3. The maximum absolute atomic E-state index is 12.8. The lowest BCUT2D eigenvalue weighted by atomic mass is 9.68. The first kappa shape index (κ1) is 15.6. The number of hydrogen-bond acceptors (Lipinski definition) is 3. The number of nitrogens with zero attached hydrogens (tertiary/aromatic N) is 2. The van der Waals surface area contributed by atoms with Crippen LogP contribution in [0.1, 0.15) is 77.0 Å². The standard InChI is InChI=1S/C19H30N2O2/c22-16-14-19(8-4-5-9-19)17(23)21(16)15-20-12-10-18(11-13-20)6-2-1-3-7-18/h1-15H2. The monoisotopic (exact) mass is 318 g/mol. The third kappa shape index (κ3) is 2.73. The van der Waals surface area contributed by atoms with E-state index < -0.39 is 0 Å². The molecule has 2 aliphatic carbocycles. The summed E-state index contributed by atoms with van der Waals surface area (Å²) in [6.07, 6.45) is 14.1. The quantitative estimate of drug-likeness (QED) is 0.733. The first-order valence-corrected chi connectivity index (χ1v) is 9.70. The number of imide groups is 1. The number of likely N-dealkylation sites (tertiary alicyclic amines) is 2. The molecule has 0 unspecified atom stereocenters. The van der Waals surface area contributed by atoms with Crippen LogP contribution in [0.4, 0.5) is 0 Å². The molecule has 2 spiro atoms. The van der Waals surface area contributed by atoms with Crippen LogP contribution in [0, 0.1) is 10.8 Å². The molecule has 2 aliphatic heterocycles.